The Hall–Kier alpha value is -0.760. The molecule has 0 spiro atoms. The van der Waals surface area contributed by atoms with Crippen LogP contribution in [0.1, 0.15) is 25.7 Å². The summed E-state index contributed by atoms with van der Waals surface area (Å²) in [6, 6.07) is 3.52. The summed E-state index contributed by atoms with van der Waals surface area (Å²) in [5, 5.41) is 0.683. The summed E-state index contributed by atoms with van der Waals surface area (Å²) < 4.78 is 5.66. The number of ether oxygens (including phenoxy) is 1. The van der Waals surface area contributed by atoms with Gasteiger partial charge in [-0.05, 0) is 31.7 Å². The summed E-state index contributed by atoms with van der Waals surface area (Å²) in [5.41, 5.74) is 0. The van der Waals surface area contributed by atoms with E-state index in [0.29, 0.717) is 17.0 Å². The van der Waals surface area contributed by atoms with Crippen LogP contribution < -0.4 is 4.74 Å². The van der Waals surface area contributed by atoms with E-state index in [1.165, 1.54) is 12.8 Å². The van der Waals surface area contributed by atoms with E-state index in [-0.39, 0.29) is 0 Å². The highest BCUT2D eigenvalue weighted by molar-refractivity contribution is 6.30. The van der Waals surface area contributed by atoms with Gasteiger partial charge in [-0.15, -0.1) is 0 Å². The van der Waals surface area contributed by atoms with Crippen LogP contribution in [0.15, 0.2) is 18.3 Å². The molecule has 1 aromatic heterocycles. The molecular weight excluding hydrogens is 186 g/mol. The third-order valence-corrected chi connectivity index (χ3v) is 2.52. The average Bonchev–Trinajstić information content (AvgIpc) is 2.57. The molecule has 0 amide bonds. The fourth-order valence-corrected chi connectivity index (χ4v) is 1.78. The van der Waals surface area contributed by atoms with Crippen LogP contribution in [0.25, 0.3) is 0 Å². The van der Waals surface area contributed by atoms with Crippen LogP contribution in [0.5, 0.6) is 5.88 Å². The van der Waals surface area contributed by atoms with Crippen LogP contribution in [0, 0.1) is 0 Å². The Kier molecular flexibility index (Phi) is 2.69. The zero-order valence-corrected chi connectivity index (χ0v) is 8.13. The molecule has 1 aliphatic rings. The Labute approximate surface area is 82.9 Å². The SMILES string of the molecule is Clc1ccnc(OC2CCCC2)c1. The van der Waals surface area contributed by atoms with Crippen molar-refractivity contribution in [3.63, 3.8) is 0 Å². The van der Waals surface area contributed by atoms with Gasteiger partial charge in [-0.3, -0.25) is 0 Å². The van der Waals surface area contributed by atoms with Gasteiger partial charge in [0.15, 0.2) is 0 Å². The minimum atomic E-state index is 0.353. The molecule has 13 heavy (non-hydrogen) atoms. The minimum absolute atomic E-state index is 0.353. The van der Waals surface area contributed by atoms with E-state index in [1.54, 1.807) is 18.3 Å². The molecule has 1 aliphatic carbocycles. The molecule has 0 N–H and O–H groups in total. The van der Waals surface area contributed by atoms with Crippen molar-refractivity contribution < 1.29 is 4.74 Å². The van der Waals surface area contributed by atoms with Crippen LogP contribution in [0.3, 0.4) is 0 Å². The summed E-state index contributed by atoms with van der Waals surface area (Å²) in [5.74, 6) is 0.652. The normalized spacial score (nSPS) is 17.6. The molecule has 1 saturated carbocycles. The highest BCUT2D eigenvalue weighted by Crippen LogP contribution is 2.23. The molecule has 0 aromatic carbocycles. The summed E-state index contributed by atoms with van der Waals surface area (Å²) in [6.45, 7) is 0. The second kappa shape index (κ2) is 3.97. The molecule has 1 heterocycles. The maximum Gasteiger partial charge on any atom is 0.214 e. The fraction of sp³-hybridized carbons (Fsp3) is 0.500. The van der Waals surface area contributed by atoms with Gasteiger partial charge < -0.3 is 4.74 Å². The molecule has 0 aliphatic heterocycles. The van der Waals surface area contributed by atoms with Gasteiger partial charge in [-0.2, -0.15) is 0 Å². The second-order valence-electron chi connectivity index (χ2n) is 3.34. The van der Waals surface area contributed by atoms with Crippen molar-refractivity contribution in [1.82, 2.24) is 4.98 Å². The number of nitrogens with zero attached hydrogens (tertiary/aromatic N) is 1. The number of halogens is 1. The molecule has 0 saturated heterocycles. The van der Waals surface area contributed by atoms with E-state index >= 15 is 0 Å². The first kappa shape index (κ1) is 8.82. The zero-order chi connectivity index (χ0) is 9.10. The van der Waals surface area contributed by atoms with E-state index in [2.05, 4.69) is 4.98 Å². The lowest BCUT2D eigenvalue weighted by atomic mass is 10.3. The predicted octanol–water partition coefficient (Wildman–Crippen LogP) is 3.06. The Morgan fingerprint density at radius 1 is 1.38 bits per heavy atom. The lowest BCUT2D eigenvalue weighted by molar-refractivity contribution is 0.201. The molecule has 2 rings (SSSR count). The first-order valence-corrected chi connectivity index (χ1v) is 5.00. The lowest BCUT2D eigenvalue weighted by Crippen LogP contribution is -2.11. The summed E-state index contributed by atoms with van der Waals surface area (Å²) in [7, 11) is 0. The van der Waals surface area contributed by atoms with E-state index in [9.17, 15) is 0 Å². The fourth-order valence-electron chi connectivity index (χ4n) is 1.63. The van der Waals surface area contributed by atoms with Crippen LogP contribution in [0.2, 0.25) is 5.02 Å². The Morgan fingerprint density at radius 2 is 2.15 bits per heavy atom. The molecule has 0 bridgehead atoms. The van der Waals surface area contributed by atoms with Gasteiger partial charge >= 0.3 is 0 Å². The van der Waals surface area contributed by atoms with Gasteiger partial charge in [-0.25, -0.2) is 4.98 Å². The van der Waals surface area contributed by atoms with Crippen LogP contribution in [-0.2, 0) is 0 Å². The van der Waals surface area contributed by atoms with E-state index in [1.807, 2.05) is 0 Å². The van der Waals surface area contributed by atoms with Crippen LogP contribution >= 0.6 is 11.6 Å². The van der Waals surface area contributed by atoms with E-state index in [0.717, 1.165) is 12.8 Å². The summed E-state index contributed by atoms with van der Waals surface area (Å²) in [6.07, 6.45) is 6.86. The number of hydrogen-bond donors (Lipinski definition) is 0. The van der Waals surface area contributed by atoms with Gasteiger partial charge in [0.25, 0.3) is 0 Å². The first-order valence-electron chi connectivity index (χ1n) is 4.63. The standard InChI is InChI=1S/C10H12ClNO/c11-8-5-6-12-10(7-8)13-9-3-1-2-4-9/h5-7,9H,1-4H2. The van der Waals surface area contributed by atoms with Gasteiger partial charge in [0, 0.05) is 17.3 Å². The molecule has 2 nitrogen and oxygen atoms in total. The lowest BCUT2D eigenvalue weighted by Gasteiger charge is -2.11. The highest BCUT2D eigenvalue weighted by atomic mass is 35.5. The van der Waals surface area contributed by atoms with Crippen molar-refractivity contribution in [3.05, 3.63) is 23.4 Å². The number of pyridine rings is 1. The molecule has 70 valence electrons. The largest absolute Gasteiger partial charge is 0.474 e. The number of hydrogen-bond acceptors (Lipinski definition) is 2. The van der Waals surface area contributed by atoms with Gasteiger partial charge in [0.2, 0.25) is 5.88 Å². The zero-order valence-electron chi connectivity index (χ0n) is 7.37. The van der Waals surface area contributed by atoms with Gasteiger partial charge in [0.05, 0.1) is 0 Å². The first-order chi connectivity index (χ1) is 6.34. The maximum atomic E-state index is 5.81. The van der Waals surface area contributed by atoms with Crippen LogP contribution in [-0.4, -0.2) is 11.1 Å². The second-order valence-corrected chi connectivity index (χ2v) is 3.77. The van der Waals surface area contributed by atoms with Crippen molar-refractivity contribution in [3.8, 4) is 5.88 Å². The Balaban J connectivity index is 2.00. The molecule has 1 fully saturated rings. The third-order valence-electron chi connectivity index (χ3n) is 2.29. The molecule has 0 unspecified atom stereocenters. The summed E-state index contributed by atoms with van der Waals surface area (Å²) >= 11 is 5.81. The third kappa shape index (κ3) is 2.34. The molecular formula is C10H12ClNO. The Bertz CT molecular complexity index is 284. The van der Waals surface area contributed by atoms with Gasteiger partial charge in [0.1, 0.15) is 6.10 Å². The van der Waals surface area contributed by atoms with E-state index < -0.39 is 0 Å². The van der Waals surface area contributed by atoms with Crippen molar-refractivity contribution in [2.75, 3.05) is 0 Å². The quantitative estimate of drug-likeness (QED) is 0.727. The molecule has 0 radical (unpaired) electrons. The minimum Gasteiger partial charge on any atom is -0.474 e. The smallest absolute Gasteiger partial charge is 0.214 e. The van der Waals surface area contributed by atoms with Crippen molar-refractivity contribution >= 4 is 11.6 Å². The highest BCUT2D eigenvalue weighted by Gasteiger charge is 2.16. The van der Waals surface area contributed by atoms with Crippen molar-refractivity contribution in [1.29, 1.82) is 0 Å². The average molecular weight is 198 g/mol. The monoisotopic (exact) mass is 197 g/mol. The molecule has 1 aromatic rings. The van der Waals surface area contributed by atoms with Crippen molar-refractivity contribution in [2.24, 2.45) is 0 Å². The number of aromatic nitrogens is 1. The molecule has 0 atom stereocenters. The van der Waals surface area contributed by atoms with Crippen molar-refractivity contribution in [2.45, 2.75) is 31.8 Å². The van der Waals surface area contributed by atoms with Crippen LogP contribution in [0.4, 0.5) is 0 Å². The molecule has 3 heteroatoms. The van der Waals surface area contributed by atoms with E-state index in [4.69, 9.17) is 16.3 Å². The summed E-state index contributed by atoms with van der Waals surface area (Å²) in [4.78, 5) is 4.10. The maximum absolute atomic E-state index is 5.81. The number of rotatable bonds is 2. The topological polar surface area (TPSA) is 22.1 Å². The predicted molar refractivity (Wildman–Crippen MR) is 52.1 cm³/mol. The Morgan fingerprint density at radius 3 is 2.85 bits per heavy atom. The van der Waals surface area contributed by atoms with Gasteiger partial charge in [-0.1, -0.05) is 11.6 Å².